The van der Waals surface area contributed by atoms with E-state index in [4.69, 9.17) is 9.47 Å². The van der Waals surface area contributed by atoms with E-state index in [-0.39, 0.29) is 12.2 Å². The third-order valence-electron chi connectivity index (χ3n) is 3.41. The van der Waals surface area contributed by atoms with E-state index in [1.54, 1.807) is 0 Å². The molecule has 3 rings (SSSR count). The van der Waals surface area contributed by atoms with E-state index in [2.05, 4.69) is 17.2 Å². The second-order valence-electron chi connectivity index (χ2n) is 5.09. The highest BCUT2D eigenvalue weighted by molar-refractivity contribution is 5.99. The topological polar surface area (TPSA) is 59.6 Å². The van der Waals surface area contributed by atoms with Gasteiger partial charge in [-0.3, -0.25) is 4.79 Å². The lowest BCUT2D eigenvalue weighted by molar-refractivity contribution is -0.111. The molecule has 1 heterocycles. The third-order valence-corrected chi connectivity index (χ3v) is 3.41. The molecule has 0 radical (unpaired) electrons. The number of benzene rings is 2. The fraction of sp³-hybridized carbons (Fsp3) is 0.167. The minimum Gasteiger partial charge on any atom is -0.355 e. The fourth-order valence-electron chi connectivity index (χ4n) is 2.31. The summed E-state index contributed by atoms with van der Waals surface area (Å²) in [7, 11) is 0. The maximum Gasteiger partial charge on any atom is 0.247 e. The van der Waals surface area contributed by atoms with Crippen molar-refractivity contribution in [2.45, 2.75) is 6.29 Å². The maximum atomic E-state index is 11.3. The SMILES string of the molecule is C=CC(=O)Nc1cccc(Nc2ccc(C3OCCO3)cc2)c1. The molecule has 0 saturated carbocycles. The van der Waals surface area contributed by atoms with Crippen LogP contribution in [0.2, 0.25) is 0 Å². The molecular formula is C18H18N2O3. The molecule has 2 aromatic carbocycles. The first kappa shape index (κ1) is 15.3. The van der Waals surface area contributed by atoms with Gasteiger partial charge in [-0.25, -0.2) is 0 Å². The lowest BCUT2D eigenvalue weighted by Gasteiger charge is -2.12. The van der Waals surface area contributed by atoms with Gasteiger partial charge in [0.1, 0.15) is 0 Å². The van der Waals surface area contributed by atoms with Crippen molar-refractivity contribution in [2.75, 3.05) is 23.8 Å². The Bertz CT molecular complexity index is 692. The number of hydrogen-bond donors (Lipinski definition) is 2. The van der Waals surface area contributed by atoms with Crippen LogP contribution in [0.5, 0.6) is 0 Å². The number of carbonyl (C=O) groups is 1. The minimum atomic E-state index is -0.263. The molecule has 1 fully saturated rings. The smallest absolute Gasteiger partial charge is 0.247 e. The van der Waals surface area contributed by atoms with E-state index in [9.17, 15) is 4.79 Å². The van der Waals surface area contributed by atoms with Crippen LogP contribution in [-0.2, 0) is 14.3 Å². The average molecular weight is 310 g/mol. The summed E-state index contributed by atoms with van der Waals surface area (Å²) < 4.78 is 10.9. The molecule has 1 aliphatic rings. The van der Waals surface area contributed by atoms with E-state index in [1.807, 2.05) is 48.5 Å². The first-order valence-corrected chi connectivity index (χ1v) is 7.38. The van der Waals surface area contributed by atoms with Gasteiger partial charge in [-0.1, -0.05) is 24.8 Å². The molecule has 23 heavy (non-hydrogen) atoms. The Morgan fingerprint density at radius 3 is 2.43 bits per heavy atom. The Labute approximate surface area is 134 Å². The molecular weight excluding hydrogens is 292 g/mol. The van der Waals surface area contributed by atoms with Crippen molar-refractivity contribution in [2.24, 2.45) is 0 Å². The van der Waals surface area contributed by atoms with E-state index in [0.717, 1.165) is 16.9 Å². The molecule has 2 N–H and O–H groups in total. The predicted octanol–water partition coefficient (Wildman–Crippen LogP) is 3.60. The predicted molar refractivity (Wildman–Crippen MR) is 89.6 cm³/mol. The second kappa shape index (κ2) is 7.09. The minimum absolute atomic E-state index is 0.233. The third kappa shape index (κ3) is 3.97. The zero-order valence-corrected chi connectivity index (χ0v) is 12.6. The highest BCUT2D eigenvalue weighted by Crippen LogP contribution is 2.26. The van der Waals surface area contributed by atoms with Gasteiger partial charge in [-0.15, -0.1) is 0 Å². The van der Waals surface area contributed by atoms with Crippen LogP contribution in [0.3, 0.4) is 0 Å². The molecule has 0 bridgehead atoms. The molecule has 5 nitrogen and oxygen atoms in total. The first-order chi connectivity index (χ1) is 11.2. The largest absolute Gasteiger partial charge is 0.355 e. The van der Waals surface area contributed by atoms with Gasteiger partial charge in [0, 0.05) is 22.6 Å². The Morgan fingerprint density at radius 1 is 1.04 bits per heavy atom. The molecule has 118 valence electrons. The average Bonchev–Trinajstić information content (AvgIpc) is 3.10. The highest BCUT2D eigenvalue weighted by atomic mass is 16.7. The monoisotopic (exact) mass is 310 g/mol. The van der Waals surface area contributed by atoms with Gasteiger partial charge < -0.3 is 20.1 Å². The zero-order chi connectivity index (χ0) is 16.1. The number of hydrogen-bond acceptors (Lipinski definition) is 4. The van der Waals surface area contributed by atoms with Gasteiger partial charge >= 0.3 is 0 Å². The van der Waals surface area contributed by atoms with Crippen LogP contribution in [0.25, 0.3) is 0 Å². The van der Waals surface area contributed by atoms with E-state index >= 15 is 0 Å². The number of rotatable bonds is 5. The summed E-state index contributed by atoms with van der Waals surface area (Å²) in [6.07, 6.45) is 0.980. The molecule has 0 aromatic heterocycles. The molecule has 5 heteroatoms. The molecule has 0 aliphatic carbocycles. The molecule has 1 saturated heterocycles. The van der Waals surface area contributed by atoms with E-state index < -0.39 is 0 Å². The summed E-state index contributed by atoms with van der Waals surface area (Å²) in [5.41, 5.74) is 3.54. The normalized spacial score (nSPS) is 14.4. The maximum absolute atomic E-state index is 11.3. The zero-order valence-electron chi connectivity index (χ0n) is 12.6. The number of ether oxygens (including phenoxy) is 2. The Balaban J connectivity index is 1.67. The van der Waals surface area contributed by atoms with Gasteiger partial charge in [0.05, 0.1) is 13.2 Å². The van der Waals surface area contributed by atoms with Crippen molar-refractivity contribution >= 4 is 23.0 Å². The van der Waals surface area contributed by atoms with Crippen molar-refractivity contribution in [3.05, 3.63) is 66.7 Å². The summed E-state index contributed by atoms with van der Waals surface area (Å²) >= 11 is 0. The summed E-state index contributed by atoms with van der Waals surface area (Å²) in [5, 5.41) is 6.03. The number of carbonyl (C=O) groups excluding carboxylic acids is 1. The first-order valence-electron chi connectivity index (χ1n) is 7.38. The Hall–Kier alpha value is -2.63. The van der Waals surface area contributed by atoms with E-state index in [1.165, 1.54) is 6.08 Å². The standard InChI is InChI=1S/C18H18N2O3/c1-2-17(21)20-16-5-3-4-15(12-16)19-14-8-6-13(7-9-14)18-22-10-11-23-18/h2-9,12,18-19H,1,10-11H2,(H,20,21). The van der Waals surface area contributed by atoms with Crippen LogP contribution in [-0.4, -0.2) is 19.1 Å². The van der Waals surface area contributed by atoms with Crippen LogP contribution in [0, 0.1) is 0 Å². The summed E-state index contributed by atoms with van der Waals surface area (Å²) in [6, 6.07) is 15.4. The summed E-state index contributed by atoms with van der Waals surface area (Å²) in [4.78, 5) is 11.3. The lowest BCUT2D eigenvalue weighted by Crippen LogP contribution is -2.07. The number of amides is 1. The van der Waals surface area contributed by atoms with Crippen molar-refractivity contribution in [1.29, 1.82) is 0 Å². The van der Waals surface area contributed by atoms with Crippen LogP contribution in [0.4, 0.5) is 17.1 Å². The van der Waals surface area contributed by atoms with Crippen LogP contribution >= 0.6 is 0 Å². The Morgan fingerprint density at radius 2 is 1.74 bits per heavy atom. The van der Waals surface area contributed by atoms with Gasteiger partial charge in [0.25, 0.3) is 0 Å². The lowest BCUT2D eigenvalue weighted by atomic mass is 10.2. The summed E-state index contributed by atoms with van der Waals surface area (Å²) in [6.45, 7) is 4.71. The highest BCUT2D eigenvalue weighted by Gasteiger charge is 2.17. The summed E-state index contributed by atoms with van der Waals surface area (Å²) in [5.74, 6) is -0.233. The number of anilines is 3. The van der Waals surface area contributed by atoms with Crippen molar-refractivity contribution < 1.29 is 14.3 Å². The number of nitrogens with one attached hydrogen (secondary N) is 2. The molecule has 0 unspecified atom stereocenters. The molecule has 1 aliphatic heterocycles. The van der Waals surface area contributed by atoms with Crippen molar-refractivity contribution in [3.63, 3.8) is 0 Å². The second-order valence-corrected chi connectivity index (χ2v) is 5.09. The molecule has 1 amide bonds. The van der Waals surface area contributed by atoms with Gasteiger partial charge in [-0.05, 0) is 36.4 Å². The molecule has 2 aromatic rings. The van der Waals surface area contributed by atoms with Crippen LogP contribution in [0.15, 0.2) is 61.2 Å². The van der Waals surface area contributed by atoms with Gasteiger partial charge in [-0.2, -0.15) is 0 Å². The van der Waals surface area contributed by atoms with Crippen molar-refractivity contribution in [3.8, 4) is 0 Å². The van der Waals surface area contributed by atoms with Crippen LogP contribution < -0.4 is 10.6 Å². The fourth-order valence-corrected chi connectivity index (χ4v) is 2.31. The molecule has 0 spiro atoms. The van der Waals surface area contributed by atoms with Gasteiger partial charge in [0.2, 0.25) is 5.91 Å². The Kier molecular flexibility index (Phi) is 4.71. The van der Waals surface area contributed by atoms with E-state index in [0.29, 0.717) is 18.9 Å². The van der Waals surface area contributed by atoms with Crippen molar-refractivity contribution in [1.82, 2.24) is 0 Å². The van der Waals surface area contributed by atoms with Crippen LogP contribution in [0.1, 0.15) is 11.9 Å². The van der Waals surface area contributed by atoms with Gasteiger partial charge in [0.15, 0.2) is 6.29 Å². The molecule has 0 atom stereocenters. The quantitative estimate of drug-likeness (QED) is 0.828.